The highest BCUT2D eigenvalue weighted by Crippen LogP contribution is 2.21. The summed E-state index contributed by atoms with van der Waals surface area (Å²) in [6, 6.07) is 4.90. The van der Waals surface area contributed by atoms with Crippen LogP contribution in [0.4, 0.5) is 5.69 Å². The Balaban J connectivity index is 2.78. The lowest BCUT2D eigenvalue weighted by Gasteiger charge is -2.18. The van der Waals surface area contributed by atoms with Crippen LogP contribution >= 0.6 is 11.6 Å². The molecule has 0 radical (unpaired) electrons. The van der Waals surface area contributed by atoms with E-state index in [0.717, 1.165) is 11.3 Å². The third-order valence-corrected chi connectivity index (χ3v) is 2.93. The number of carboxylic acids is 1. The van der Waals surface area contributed by atoms with Crippen molar-refractivity contribution in [2.24, 2.45) is 5.92 Å². The van der Waals surface area contributed by atoms with E-state index in [1.807, 2.05) is 32.9 Å². The number of nitrogens with one attached hydrogen (secondary N) is 1. The van der Waals surface area contributed by atoms with E-state index < -0.39 is 12.0 Å². The Labute approximate surface area is 107 Å². The summed E-state index contributed by atoms with van der Waals surface area (Å²) in [6.07, 6.45) is 0.584. The van der Waals surface area contributed by atoms with Crippen LogP contribution in [-0.2, 0) is 4.79 Å². The largest absolute Gasteiger partial charge is 0.480 e. The van der Waals surface area contributed by atoms with Gasteiger partial charge in [0.25, 0.3) is 0 Å². The fourth-order valence-electron chi connectivity index (χ4n) is 1.58. The molecule has 0 aliphatic rings. The molecule has 0 heterocycles. The maximum Gasteiger partial charge on any atom is 0.326 e. The predicted molar refractivity (Wildman–Crippen MR) is 70.7 cm³/mol. The van der Waals surface area contributed by atoms with Crippen LogP contribution in [0.25, 0.3) is 0 Å². The lowest BCUT2D eigenvalue weighted by molar-refractivity contribution is -0.138. The monoisotopic (exact) mass is 255 g/mol. The molecule has 0 spiro atoms. The van der Waals surface area contributed by atoms with Crippen LogP contribution in [0.3, 0.4) is 0 Å². The van der Waals surface area contributed by atoms with Crippen molar-refractivity contribution in [3.8, 4) is 0 Å². The van der Waals surface area contributed by atoms with E-state index in [1.165, 1.54) is 0 Å². The molecule has 94 valence electrons. The fourth-order valence-corrected chi connectivity index (χ4v) is 1.76. The Hall–Kier alpha value is -1.22. The van der Waals surface area contributed by atoms with E-state index in [-0.39, 0.29) is 0 Å². The van der Waals surface area contributed by atoms with E-state index in [1.54, 1.807) is 6.07 Å². The molecular weight excluding hydrogens is 238 g/mol. The van der Waals surface area contributed by atoms with Crippen LogP contribution in [0.15, 0.2) is 18.2 Å². The highest BCUT2D eigenvalue weighted by Gasteiger charge is 2.18. The topological polar surface area (TPSA) is 49.3 Å². The number of hydrogen-bond donors (Lipinski definition) is 2. The number of anilines is 1. The van der Waals surface area contributed by atoms with Crippen LogP contribution in [-0.4, -0.2) is 17.1 Å². The first kappa shape index (κ1) is 13.8. The van der Waals surface area contributed by atoms with Gasteiger partial charge in [0.15, 0.2) is 0 Å². The van der Waals surface area contributed by atoms with Crippen LogP contribution in [0.2, 0.25) is 5.02 Å². The predicted octanol–water partition coefficient (Wildman–Crippen LogP) is 3.56. The minimum absolute atomic E-state index is 0.324. The molecule has 0 aliphatic carbocycles. The zero-order chi connectivity index (χ0) is 13.0. The molecule has 0 fully saturated rings. The molecule has 0 amide bonds. The van der Waals surface area contributed by atoms with E-state index in [0.29, 0.717) is 17.4 Å². The molecule has 1 atom stereocenters. The van der Waals surface area contributed by atoms with Gasteiger partial charge in [-0.15, -0.1) is 0 Å². The van der Waals surface area contributed by atoms with Crippen molar-refractivity contribution in [2.75, 3.05) is 5.32 Å². The number of aryl methyl sites for hydroxylation is 1. The Bertz CT molecular complexity index is 404. The van der Waals surface area contributed by atoms with Gasteiger partial charge in [0.05, 0.1) is 0 Å². The number of carbonyl (C=O) groups is 1. The molecular formula is C13H18ClNO2. The van der Waals surface area contributed by atoms with Crippen molar-refractivity contribution in [3.63, 3.8) is 0 Å². The van der Waals surface area contributed by atoms with Crippen LogP contribution in [0.1, 0.15) is 25.8 Å². The second kappa shape index (κ2) is 5.92. The average Bonchev–Trinajstić information content (AvgIpc) is 2.21. The zero-order valence-corrected chi connectivity index (χ0v) is 11.1. The summed E-state index contributed by atoms with van der Waals surface area (Å²) >= 11 is 6.00. The lowest BCUT2D eigenvalue weighted by atomic mass is 10.0. The molecule has 1 aromatic rings. The van der Waals surface area contributed by atoms with Gasteiger partial charge in [0.2, 0.25) is 0 Å². The highest BCUT2D eigenvalue weighted by molar-refractivity contribution is 6.31. The lowest BCUT2D eigenvalue weighted by Crippen LogP contribution is -2.30. The van der Waals surface area contributed by atoms with E-state index in [4.69, 9.17) is 16.7 Å². The molecule has 0 bridgehead atoms. The maximum absolute atomic E-state index is 11.1. The van der Waals surface area contributed by atoms with Crippen molar-refractivity contribution in [1.29, 1.82) is 0 Å². The van der Waals surface area contributed by atoms with Gasteiger partial charge in [-0.2, -0.15) is 0 Å². The van der Waals surface area contributed by atoms with Crippen molar-refractivity contribution in [2.45, 2.75) is 33.2 Å². The zero-order valence-electron chi connectivity index (χ0n) is 10.3. The fraction of sp³-hybridized carbons (Fsp3) is 0.462. The minimum Gasteiger partial charge on any atom is -0.480 e. The van der Waals surface area contributed by atoms with Gasteiger partial charge in [-0.3, -0.25) is 0 Å². The van der Waals surface area contributed by atoms with Gasteiger partial charge in [0.1, 0.15) is 6.04 Å². The standard InChI is InChI=1S/C13H18ClNO2/c1-8(2)6-12(13(16)17)15-10-5-4-9(3)11(14)7-10/h4-5,7-8,12,15H,6H2,1-3H3,(H,16,17). The van der Waals surface area contributed by atoms with E-state index in [9.17, 15) is 4.79 Å². The number of aliphatic carboxylic acids is 1. The second-order valence-electron chi connectivity index (χ2n) is 4.63. The summed E-state index contributed by atoms with van der Waals surface area (Å²) in [4.78, 5) is 11.1. The Morgan fingerprint density at radius 2 is 2.12 bits per heavy atom. The van der Waals surface area contributed by atoms with Crippen molar-refractivity contribution in [3.05, 3.63) is 28.8 Å². The van der Waals surface area contributed by atoms with Gasteiger partial charge < -0.3 is 10.4 Å². The molecule has 3 nitrogen and oxygen atoms in total. The minimum atomic E-state index is -0.838. The summed E-state index contributed by atoms with van der Waals surface area (Å²) in [5.41, 5.74) is 1.72. The molecule has 1 aromatic carbocycles. The molecule has 1 rings (SSSR count). The third kappa shape index (κ3) is 4.27. The normalized spacial score (nSPS) is 12.5. The number of hydrogen-bond acceptors (Lipinski definition) is 2. The van der Waals surface area contributed by atoms with Gasteiger partial charge in [0, 0.05) is 10.7 Å². The molecule has 0 saturated carbocycles. The number of rotatable bonds is 5. The third-order valence-electron chi connectivity index (χ3n) is 2.52. The van der Waals surface area contributed by atoms with E-state index >= 15 is 0 Å². The summed E-state index contributed by atoms with van der Waals surface area (Å²) in [5.74, 6) is -0.514. The molecule has 17 heavy (non-hydrogen) atoms. The molecule has 0 aromatic heterocycles. The quantitative estimate of drug-likeness (QED) is 0.846. The average molecular weight is 256 g/mol. The summed E-state index contributed by atoms with van der Waals surface area (Å²) < 4.78 is 0. The number of halogens is 1. The molecule has 0 saturated heterocycles. The maximum atomic E-state index is 11.1. The second-order valence-corrected chi connectivity index (χ2v) is 5.04. The summed E-state index contributed by atoms with van der Waals surface area (Å²) in [6.45, 7) is 5.91. The Morgan fingerprint density at radius 1 is 1.47 bits per heavy atom. The smallest absolute Gasteiger partial charge is 0.326 e. The van der Waals surface area contributed by atoms with E-state index in [2.05, 4.69) is 5.32 Å². The van der Waals surface area contributed by atoms with Crippen molar-refractivity contribution in [1.82, 2.24) is 0 Å². The molecule has 1 unspecified atom stereocenters. The summed E-state index contributed by atoms with van der Waals surface area (Å²) in [5, 5.41) is 12.7. The van der Waals surface area contributed by atoms with Crippen molar-refractivity contribution >= 4 is 23.3 Å². The molecule has 2 N–H and O–H groups in total. The summed E-state index contributed by atoms with van der Waals surface area (Å²) in [7, 11) is 0. The number of carboxylic acid groups (broad SMARTS) is 1. The Morgan fingerprint density at radius 3 is 2.59 bits per heavy atom. The molecule has 0 aliphatic heterocycles. The Kier molecular flexibility index (Phi) is 4.82. The van der Waals surface area contributed by atoms with Gasteiger partial charge in [-0.1, -0.05) is 31.5 Å². The first-order chi connectivity index (χ1) is 7.90. The van der Waals surface area contributed by atoms with Gasteiger partial charge >= 0.3 is 5.97 Å². The molecule has 4 heteroatoms. The first-order valence-electron chi connectivity index (χ1n) is 5.65. The SMILES string of the molecule is Cc1ccc(NC(CC(C)C)C(=O)O)cc1Cl. The van der Waals surface area contributed by atoms with Crippen LogP contribution in [0.5, 0.6) is 0 Å². The van der Waals surface area contributed by atoms with Gasteiger partial charge in [-0.25, -0.2) is 4.79 Å². The highest BCUT2D eigenvalue weighted by atomic mass is 35.5. The van der Waals surface area contributed by atoms with Crippen molar-refractivity contribution < 1.29 is 9.90 Å². The van der Waals surface area contributed by atoms with Crippen LogP contribution < -0.4 is 5.32 Å². The van der Waals surface area contributed by atoms with Crippen LogP contribution in [0, 0.1) is 12.8 Å². The first-order valence-corrected chi connectivity index (χ1v) is 6.03. The number of benzene rings is 1. The van der Waals surface area contributed by atoms with Gasteiger partial charge in [-0.05, 0) is 37.0 Å².